The van der Waals surface area contributed by atoms with Crippen LogP contribution < -0.4 is 0 Å². The van der Waals surface area contributed by atoms with Crippen LogP contribution in [0.25, 0.3) is 0 Å². The lowest BCUT2D eigenvalue weighted by Gasteiger charge is -2.53. The van der Waals surface area contributed by atoms with E-state index >= 15 is 0 Å². The summed E-state index contributed by atoms with van der Waals surface area (Å²) in [7, 11) is 0. The Morgan fingerprint density at radius 1 is 1.46 bits per heavy atom. The van der Waals surface area contributed by atoms with Gasteiger partial charge in [0.15, 0.2) is 0 Å². The van der Waals surface area contributed by atoms with Crippen LogP contribution >= 0.6 is 0 Å². The van der Waals surface area contributed by atoms with E-state index < -0.39 is 0 Å². The highest BCUT2D eigenvalue weighted by molar-refractivity contribution is 5.88. The number of hydrogen-bond acceptors (Lipinski definition) is 2. The van der Waals surface area contributed by atoms with Crippen LogP contribution in [0.1, 0.15) is 32.1 Å². The summed E-state index contributed by atoms with van der Waals surface area (Å²) in [5, 5.41) is 9.02. The van der Waals surface area contributed by atoms with Crippen molar-refractivity contribution in [2.24, 2.45) is 23.2 Å². The van der Waals surface area contributed by atoms with Gasteiger partial charge >= 0.3 is 0 Å². The van der Waals surface area contributed by atoms with E-state index in [1.807, 2.05) is 0 Å². The Bertz CT molecular complexity index is 317. The molecule has 0 aromatic heterocycles. The van der Waals surface area contributed by atoms with Crippen molar-refractivity contribution in [1.82, 2.24) is 0 Å². The van der Waals surface area contributed by atoms with E-state index in [1.165, 1.54) is 6.42 Å². The molecule has 0 aromatic carbocycles. The van der Waals surface area contributed by atoms with E-state index in [4.69, 9.17) is 5.26 Å². The molecular formula is C11H13NO. The summed E-state index contributed by atoms with van der Waals surface area (Å²) < 4.78 is 0. The first-order valence-electron chi connectivity index (χ1n) is 5.23. The molecule has 2 heteroatoms. The second-order valence-corrected chi connectivity index (χ2v) is 4.77. The number of carbonyl (C=O) groups excluding carboxylic acids is 1. The highest BCUT2D eigenvalue weighted by Gasteiger charge is 2.70. The molecule has 1 spiro atoms. The zero-order valence-electron chi connectivity index (χ0n) is 7.62. The third-order valence-electron chi connectivity index (χ3n) is 4.63. The summed E-state index contributed by atoms with van der Waals surface area (Å²) in [4.78, 5) is 11.9. The molecule has 2 nitrogen and oxygen atoms in total. The van der Waals surface area contributed by atoms with Gasteiger partial charge in [0, 0.05) is 11.8 Å². The lowest BCUT2D eigenvalue weighted by molar-refractivity contribution is -0.150. The zero-order valence-corrected chi connectivity index (χ0v) is 7.62. The molecule has 4 atom stereocenters. The number of fused-ring (bicyclic) bond motifs is 1. The Morgan fingerprint density at radius 2 is 2.31 bits per heavy atom. The molecule has 4 fully saturated rings. The highest BCUT2D eigenvalue weighted by Crippen LogP contribution is 2.70. The SMILES string of the molecule is N#C[C@H]1[C@@H]2CC[C@]13C(=O)CCC[C@H]23. The van der Waals surface area contributed by atoms with E-state index in [-0.39, 0.29) is 11.3 Å². The maximum absolute atomic E-state index is 11.9. The zero-order chi connectivity index (χ0) is 9.05. The molecule has 0 heterocycles. The molecule has 13 heavy (non-hydrogen) atoms. The van der Waals surface area contributed by atoms with Crippen LogP contribution in [-0.4, -0.2) is 5.78 Å². The molecule has 4 aliphatic carbocycles. The summed E-state index contributed by atoms with van der Waals surface area (Å²) in [6.45, 7) is 0. The van der Waals surface area contributed by atoms with Crippen LogP contribution in [0.4, 0.5) is 0 Å². The quantitative estimate of drug-likeness (QED) is 0.564. The molecule has 68 valence electrons. The van der Waals surface area contributed by atoms with Gasteiger partial charge in [0.25, 0.3) is 0 Å². The van der Waals surface area contributed by atoms with E-state index in [0.29, 0.717) is 17.6 Å². The van der Waals surface area contributed by atoms with Crippen molar-refractivity contribution >= 4 is 5.78 Å². The molecule has 4 saturated carbocycles. The maximum atomic E-state index is 11.9. The van der Waals surface area contributed by atoms with Crippen molar-refractivity contribution in [3.63, 3.8) is 0 Å². The van der Waals surface area contributed by atoms with Gasteiger partial charge in [-0.2, -0.15) is 5.26 Å². The predicted molar refractivity (Wildman–Crippen MR) is 46.6 cm³/mol. The average Bonchev–Trinajstić information content (AvgIpc) is 2.66. The third-order valence-corrected chi connectivity index (χ3v) is 4.63. The number of nitriles is 1. The van der Waals surface area contributed by atoms with Gasteiger partial charge in [0.1, 0.15) is 5.78 Å². The number of ketones is 1. The number of carbonyl (C=O) groups is 1. The highest BCUT2D eigenvalue weighted by atomic mass is 16.1. The smallest absolute Gasteiger partial charge is 0.140 e. The predicted octanol–water partition coefficient (Wildman–Crippen LogP) is 1.91. The fourth-order valence-corrected chi connectivity index (χ4v) is 4.14. The first-order valence-corrected chi connectivity index (χ1v) is 5.23. The monoisotopic (exact) mass is 175 g/mol. The average molecular weight is 175 g/mol. The summed E-state index contributed by atoms with van der Waals surface area (Å²) in [5.41, 5.74) is -0.141. The van der Waals surface area contributed by atoms with Crippen LogP contribution in [0.15, 0.2) is 0 Å². The van der Waals surface area contributed by atoms with Gasteiger partial charge in [-0.05, 0) is 37.5 Å². The second-order valence-electron chi connectivity index (χ2n) is 4.77. The first-order chi connectivity index (χ1) is 6.30. The summed E-state index contributed by atoms with van der Waals surface area (Å²) in [6.07, 6.45) is 5.16. The number of hydrogen-bond donors (Lipinski definition) is 0. The minimum atomic E-state index is -0.141. The standard InChI is InChI=1S/C11H13NO/c12-6-9-7-4-5-11(9)8(7)2-1-3-10(11)13/h7-9H,1-5H2/t7-,8-,9+,11-/m1/s1. The molecule has 0 radical (unpaired) electrons. The fourth-order valence-electron chi connectivity index (χ4n) is 4.14. The van der Waals surface area contributed by atoms with Crippen LogP contribution in [0.5, 0.6) is 0 Å². The van der Waals surface area contributed by atoms with Gasteiger partial charge in [-0.3, -0.25) is 4.79 Å². The fraction of sp³-hybridized carbons (Fsp3) is 0.818. The van der Waals surface area contributed by atoms with Crippen LogP contribution in [0.2, 0.25) is 0 Å². The normalized spacial score (nSPS) is 52.2. The van der Waals surface area contributed by atoms with Gasteiger partial charge in [-0.15, -0.1) is 0 Å². The third kappa shape index (κ3) is 0.611. The van der Waals surface area contributed by atoms with E-state index in [2.05, 4.69) is 6.07 Å². The van der Waals surface area contributed by atoms with Gasteiger partial charge in [0.2, 0.25) is 0 Å². The number of Topliss-reactive ketones (excluding diaryl/α,β-unsaturated/α-hetero) is 1. The van der Waals surface area contributed by atoms with Crippen LogP contribution in [0, 0.1) is 34.5 Å². The van der Waals surface area contributed by atoms with Gasteiger partial charge in [-0.1, -0.05) is 0 Å². The minimum absolute atomic E-state index is 0.0882. The van der Waals surface area contributed by atoms with E-state index in [1.54, 1.807) is 0 Å². The first kappa shape index (κ1) is 7.55. The molecule has 0 aromatic rings. The largest absolute Gasteiger partial charge is 0.299 e. The Balaban J connectivity index is 2.03. The van der Waals surface area contributed by atoms with Crippen LogP contribution in [0.3, 0.4) is 0 Å². The summed E-state index contributed by atoms with van der Waals surface area (Å²) >= 11 is 0. The van der Waals surface area contributed by atoms with Crippen LogP contribution in [-0.2, 0) is 4.79 Å². The lowest BCUT2D eigenvalue weighted by atomic mass is 9.47. The van der Waals surface area contributed by atoms with Crippen molar-refractivity contribution in [2.75, 3.05) is 0 Å². The molecule has 0 N–H and O–H groups in total. The second kappa shape index (κ2) is 2.15. The van der Waals surface area contributed by atoms with Gasteiger partial charge < -0.3 is 0 Å². The topological polar surface area (TPSA) is 40.9 Å². The number of rotatable bonds is 0. The molecule has 0 saturated heterocycles. The summed E-state index contributed by atoms with van der Waals surface area (Å²) in [6, 6.07) is 2.36. The lowest BCUT2D eigenvalue weighted by Crippen LogP contribution is -2.56. The van der Waals surface area contributed by atoms with E-state index in [0.717, 1.165) is 25.7 Å². The Hall–Kier alpha value is -0.840. The van der Waals surface area contributed by atoms with E-state index in [9.17, 15) is 4.79 Å². The molecular weight excluding hydrogens is 162 g/mol. The molecule has 0 aliphatic heterocycles. The minimum Gasteiger partial charge on any atom is -0.299 e. The van der Waals surface area contributed by atoms with Crippen molar-refractivity contribution in [3.05, 3.63) is 0 Å². The van der Waals surface area contributed by atoms with Gasteiger partial charge in [-0.25, -0.2) is 0 Å². The maximum Gasteiger partial charge on any atom is 0.140 e. The van der Waals surface area contributed by atoms with Crippen molar-refractivity contribution < 1.29 is 4.79 Å². The van der Waals surface area contributed by atoms with Gasteiger partial charge in [0.05, 0.1) is 12.0 Å². The number of nitrogens with zero attached hydrogens (tertiary/aromatic N) is 1. The van der Waals surface area contributed by atoms with Crippen molar-refractivity contribution in [1.29, 1.82) is 5.26 Å². The molecule has 0 unspecified atom stereocenters. The molecule has 4 aliphatic rings. The van der Waals surface area contributed by atoms with Crippen molar-refractivity contribution in [2.45, 2.75) is 32.1 Å². The molecule has 0 amide bonds. The molecule has 4 rings (SSSR count). The molecule has 2 bridgehead atoms. The Morgan fingerprint density at radius 3 is 3.08 bits per heavy atom. The Labute approximate surface area is 77.9 Å². The summed E-state index contributed by atoms with van der Waals surface area (Å²) in [5.74, 6) is 1.67. The van der Waals surface area contributed by atoms with Crippen molar-refractivity contribution in [3.8, 4) is 6.07 Å². The Kier molecular flexibility index (Phi) is 1.25.